The summed E-state index contributed by atoms with van der Waals surface area (Å²) in [5.74, 6) is 3.09. The largest absolute Gasteiger partial charge is 0.388 e. The highest BCUT2D eigenvalue weighted by molar-refractivity contribution is 6.31. The molecule has 0 atom stereocenters. The van der Waals surface area contributed by atoms with E-state index in [9.17, 15) is 0 Å². The van der Waals surface area contributed by atoms with Crippen molar-refractivity contribution in [2.75, 3.05) is 0 Å². The van der Waals surface area contributed by atoms with Crippen LogP contribution >= 0.6 is 11.6 Å². The Hall–Kier alpha value is -1.50. The fourth-order valence-corrected chi connectivity index (χ4v) is 1.71. The molecule has 2 aromatic rings. The molecule has 1 aromatic heterocycles. The van der Waals surface area contributed by atoms with Gasteiger partial charge in [-0.2, -0.15) is 0 Å². The summed E-state index contributed by atoms with van der Waals surface area (Å²) < 4.78 is 1.80. The highest BCUT2D eigenvalue weighted by Gasteiger charge is 2.08. The summed E-state index contributed by atoms with van der Waals surface area (Å²) in [7, 11) is 0. The minimum Gasteiger partial charge on any atom is -0.388 e. The summed E-state index contributed by atoms with van der Waals surface area (Å²) in [6.45, 7) is 0.266. The van der Waals surface area contributed by atoms with Gasteiger partial charge in [0.2, 0.25) is 0 Å². The summed E-state index contributed by atoms with van der Waals surface area (Å²) in [5, 5.41) is 9.75. The van der Waals surface area contributed by atoms with E-state index in [4.69, 9.17) is 23.1 Å². The van der Waals surface area contributed by atoms with Gasteiger partial charge in [-0.3, -0.25) is 0 Å². The third-order valence-corrected chi connectivity index (χ3v) is 2.42. The van der Waals surface area contributed by atoms with Crippen LogP contribution in [0, 0.1) is 12.3 Å². The number of hydrogen-bond donors (Lipinski definition) is 1. The molecule has 3 nitrogen and oxygen atoms in total. The molecule has 1 N–H and O–H groups in total. The quantitative estimate of drug-likeness (QED) is 0.784. The standard InChI is InChI=1S/C11H9ClN2O/c1-2-5-14-10-4-3-8(12)6-9(10)13-11(14)7-15/h1,3-4,6,15H,5,7H2. The minimum atomic E-state index is -0.131. The van der Waals surface area contributed by atoms with Crippen LogP contribution in [0.3, 0.4) is 0 Å². The van der Waals surface area contributed by atoms with Crippen LogP contribution in [-0.4, -0.2) is 14.7 Å². The zero-order chi connectivity index (χ0) is 10.8. The third-order valence-electron chi connectivity index (χ3n) is 2.18. The average Bonchev–Trinajstić information content (AvgIpc) is 2.56. The van der Waals surface area contributed by atoms with Crippen LogP contribution in [-0.2, 0) is 13.2 Å². The Morgan fingerprint density at radius 1 is 1.53 bits per heavy atom. The lowest BCUT2D eigenvalue weighted by Crippen LogP contribution is -2.01. The maximum atomic E-state index is 9.13. The fourth-order valence-electron chi connectivity index (χ4n) is 1.54. The normalized spacial score (nSPS) is 10.5. The number of halogens is 1. The predicted molar refractivity (Wildman–Crippen MR) is 59.5 cm³/mol. The van der Waals surface area contributed by atoms with Gasteiger partial charge < -0.3 is 9.67 Å². The molecule has 0 amide bonds. The number of aromatic nitrogens is 2. The summed E-state index contributed by atoms with van der Waals surface area (Å²) in [5.41, 5.74) is 1.64. The van der Waals surface area contributed by atoms with Crippen molar-refractivity contribution in [1.82, 2.24) is 9.55 Å². The van der Waals surface area contributed by atoms with Gasteiger partial charge in [-0.1, -0.05) is 17.5 Å². The van der Waals surface area contributed by atoms with Gasteiger partial charge in [0.05, 0.1) is 17.6 Å². The van der Waals surface area contributed by atoms with E-state index in [2.05, 4.69) is 10.9 Å². The van der Waals surface area contributed by atoms with E-state index in [1.807, 2.05) is 6.07 Å². The summed E-state index contributed by atoms with van der Waals surface area (Å²) in [4.78, 5) is 4.24. The second-order valence-corrected chi connectivity index (χ2v) is 3.55. The highest BCUT2D eigenvalue weighted by Crippen LogP contribution is 2.20. The van der Waals surface area contributed by atoms with Crippen molar-refractivity contribution in [3.8, 4) is 12.3 Å². The molecule has 0 radical (unpaired) electrons. The number of terminal acetylenes is 1. The predicted octanol–water partition coefficient (Wildman–Crippen LogP) is 1.82. The second kappa shape index (κ2) is 3.93. The number of aliphatic hydroxyl groups excluding tert-OH is 1. The average molecular weight is 221 g/mol. The topological polar surface area (TPSA) is 38.0 Å². The van der Waals surface area contributed by atoms with Crippen molar-refractivity contribution in [1.29, 1.82) is 0 Å². The van der Waals surface area contributed by atoms with E-state index in [0.29, 0.717) is 17.4 Å². The summed E-state index contributed by atoms with van der Waals surface area (Å²) in [6.07, 6.45) is 5.26. The Kier molecular flexibility index (Phi) is 2.63. The number of hydrogen-bond acceptors (Lipinski definition) is 2. The van der Waals surface area contributed by atoms with E-state index < -0.39 is 0 Å². The van der Waals surface area contributed by atoms with E-state index in [-0.39, 0.29) is 6.61 Å². The first-order valence-corrected chi connectivity index (χ1v) is 4.83. The van der Waals surface area contributed by atoms with E-state index in [0.717, 1.165) is 11.0 Å². The lowest BCUT2D eigenvalue weighted by molar-refractivity contribution is 0.267. The van der Waals surface area contributed by atoms with Crippen LogP contribution in [0.1, 0.15) is 5.82 Å². The van der Waals surface area contributed by atoms with Crippen molar-refractivity contribution in [3.63, 3.8) is 0 Å². The smallest absolute Gasteiger partial charge is 0.136 e. The Morgan fingerprint density at radius 3 is 3.00 bits per heavy atom. The number of fused-ring (bicyclic) bond motifs is 1. The zero-order valence-electron chi connectivity index (χ0n) is 7.94. The van der Waals surface area contributed by atoms with Crippen LogP contribution < -0.4 is 0 Å². The molecule has 0 aliphatic carbocycles. The molecule has 0 spiro atoms. The van der Waals surface area contributed by atoms with E-state index in [1.165, 1.54) is 0 Å². The van der Waals surface area contributed by atoms with Gasteiger partial charge in [0, 0.05) is 5.02 Å². The molecule has 1 heterocycles. The lowest BCUT2D eigenvalue weighted by atomic mass is 10.3. The third kappa shape index (κ3) is 1.70. The Labute approximate surface area is 92.3 Å². The van der Waals surface area contributed by atoms with E-state index >= 15 is 0 Å². The molecule has 0 saturated heterocycles. The molecule has 76 valence electrons. The highest BCUT2D eigenvalue weighted by atomic mass is 35.5. The van der Waals surface area contributed by atoms with Crippen LogP contribution in [0.25, 0.3) is 11.0 Å². The van der Waals surface area contributed by atoms with Gasteiger partial charge in [0.25, 0.3) is 0 Å². The molecule has 2 rings (SSSR count). The van der Waals surface area contributed by atoms with Crippen LogP contribution in [0.4, 0.5) is 0 Å². The number of rotatable bonds is 2. The van der Waals surface area contributed by atoms with Crippen LogP contribution in [0.5, 0.6) is 0 Å². The number of benzene rings is 1. The SMILES string of the molecule is C#CCn1c(CO)nc2cc(Cl)ccc21. The molecule has 0 aliphatic rings. The van der Waals surface area contributed by atoms with Crippen molar-refractivity contribution in [2.45, 2.75) is 13.2 Å². The summed E-state index contributed by atoms with van der Waals surface area (Å²) in [6, 6.07) is 5.38. The number of imidazole rings is 1. The first-order valence-electron chi connectivity index (χ1n) is 4.45. The number of nitrogens with zero attached hydrogens (tertiary/aromatic N) is 2. The molecule has 0 saturated carbocycles. The fraction of sp³-hybridized carbons (Fsp3) is 0.182. The molecule has 0 aliphatic heterocycles. The lowest BCUT2D eigenvalue weighted by Gasteiger charge is -2.01. The summed E-state index contributed by atoms with van der Waals surface area (Å²) >= 11 is 5.85. The van der Waals surface area contributed by atoms with Crippen molar-refractivity contribution < 1.29 is 5.11 Å². The maximum Gasteiger partial charge on any atom is 0.136 e. The zero-order valence-corrected chi connectivity index (χ0v) is 8.70. The Balaban J connectivity index is 2.70. The molecule has 1 aromatic carbocycles. The molecule has 0 fully saturated rings. The molecular weight excluding hydrogens is 212 g/mol. The number of aliphatic hydroxyl groups is 1. The van der Waals surface area contributed by atoms with Gasteiger partial charge in [-0.15, -0.1) is 6.42 Å². The van der Waals surface area contributed by atoms with Crippen molar-refractivity contribution in [3.05, 3.63) is 29.0 Å². The molecule has 15 heavy (non-hydrogen) atoms. The Bertz CT molecular complexity index is 539. The first kappa shape index (κ1) is 10.0. The Morgan fingerprint density at radius 2 is 2.33 bits per heavy atom. The van der Waals surface area contributed by atoms with E-state index in [1.54, 1.807) is 16.7 Å². The van der Waals surface area contributed by atoms with Gasteiger partial charge in [0.15, 0.2) is 0 Å². The van der Waals surface area contributed by atoms with Gasteiger partial charge in [0.1, 0.15) is 12.4 Å². The molecule has 4 heteroatoms. The maximum absolute atomic E-state index is 9.13. The first-order chi connectivity index (χ1) is 7.26. The molecule has 0 bridgehead atoms. The minimum absolute atomic E-state index is 0.131. The van der Waals surface area contributed by atoms with Gasteiger partial charge in [-0.25, -0.2) is 4.98 Å². The molecular formula is C11H9ClN2O. The van der Waals surface area contributed by atoms with Crippen LogP contribution in [0.15, 0.2) is 18.2 Å². The van der Waals surface area contributed by atoms with Gasteiger partial charge >= 0.3 is 0 Å². The monoisotopic (exact) mass is 220 g/mol. The van der Waals surface area contributed by atoms with Gasteiger partial charge in [-0.05, 0) is 18.2 Å². The van der Waals surface area contributed by atoms with Crippen molar-refractivity contribution >= 4 is 22.6 Å². The molecule has 0 unspecified atom stereocenters. The van der Waals surface area contributed by atoms with Crippen LogP contribution in [0.2, 0.25) is 5.02 Å². The second-order valence-electron chi connectivity index (χ2n) is 3.11. The van der Waals surface area contributed by atoms with Crippen molar-refractivity contribution in [2.24, 2.45) is 0 Å².